The van der Waals surface area contributed by atoms with Crippen LogP contribution < -0.4 is 10.1 Å². The SMILES string of the molecule is Cc1ncsc1-c1ccc([C@H](C)NC(=O)[C@@H]2C[C@@H](O)CN2C(=O)[C@@H](c2cc(OCCN3CC[C@H](c4c(C)[nH]c5nnc(-c6ccccc6O)cc45)C3)no2)C(C)C)cc1. The Kier molecular flexibility index (Phi) is 11.5. The average molecular weight is 819 g/mol. The predicted octanol–water partition coefficient (Wildman–Crippen LogP) is 6.51. The number of amides is 2. The predicted molar refractivity (Wildman–Crippen MR) is 224 cm³/mol. The number of carbonyl (C=O) groups is 2. The molecule has 0 aliphatic carbocycles. The van der Waals surface area contributed by atoms with Gasteiger partial charge in [-0.25, -0.2) is 4.98 Å². The molecule has 0 bridgehead atoms. The maximum atomic E-state index is 14.2. The Morgan fingerprint density at radius 1 is 1.07 bits per heavy atom. The van der Waals surface area contributed by atoms with Crippen LogP contribution in [-0.4, -0.2) is 102 Å². The van der Waals surface area contributed by atoms with E-state index in [2.05, 4.69) is 42.5 Å². The van der Waals surface area contributed by atoms with Crippen molar-refractivity contribution in [1.29, 1.82) is 0 Å². The number of aliphatic hydroxyl groups excluding tert-OH is 1. The molecule has 2 fully saturated rings. The van der Waals surface area contributed by atoms with E-state index >= 15 is 0 Å². The second-order valence-corrected chi connectivity index (χ2v) is 17.0. The molecule has 2 saturated heterocycles. The molecule has 2 aromatic carbocycles. The van der Waals surface area contributed by atoms with Crippen molar-refractivity contribution in [3.05, 3.63) is 94.4 Å². The number of aliphatic hydroxyl groups is 1. The molecule has 4 aromatic heterocycles. The van der Waals surface area contributed by atoms with Crippen LogP contribution in [0.4, 0.5) is 0 Å². The molecule has 6 aromatic rings. The number of H-pyrrole nitrogens is 1. The maximum Gasteiger partial charge on any atom is 0.254 e. The number of hydrogen-bond donors (Lipinski definition) is 4. The number of thiazole rings is 1. The summed E-state index contributed by atoms with van der Waals surface area (Å²) in [4.78, 5) is 40.6. The monoisotopic (exact) mass is 818 g/mol. The van der Waals surface area contributed by atoms with Crippen LogP contribution in [0.2, 0.25) is 0 Å². The topological polar surface area (TPSA) is 183 Å². The first-order chi connectivity index (χ1) is 28.4. The number of carbonyl (C=O) groups excluding carboxylic acids is 2. The Bertz CT molecular complexity index is 2440. The van der Waals surface area contributed by atoms with Crippen molar-refractivity contribution in [3.8, 4) is 33.3 Å². The van der Waals surface area contributed by atoms with Gasteiger partial charge in [-0.15, -0.1) is 21.5 Å². The quantitative estimate of drug-likeness (QED) is 0.0998. The number of ether oxygens (including phenoxy) is 1. The molecule has 0 spiro atoms. The molecule has 4 N–H and O–H groups in total. The van der Waals surface area contributed by atoms with Crippen LogP contribution in [0.1, 0.15) is 79.8 Å². The maximum absolute atomic E-state index is 14.2. The van der Waals surface area contributed by atoms with E-state index in [1.54, 1.807) is 29.5 Å². The lowest BCUT2D eigenvalue weighted by atomic mass is 9.91. The summed E-state index contributed by atoms with van der Waals surface area (Å²) in [5.41, 5.74) is 9.08. The zero-order valence-corrected chi connectivity index (χ0v) is 34.7. The molecule has 2 aliphatic rings. The largest absolute Gasteiger partial charge is 0.507 e. The Morgan fingerprint density at radius 2 is 1.86 bits per heavy atom. The molecule has 15 heteroatoms. The summed E-state index contributed by atoms with van der Waals surface area (Å²) in [6, 6.07) is 17.7. The van der Waals surface area contributed by atoms with E-state index in [4.69, 9.17) is 9.26 Å². The van der Waals surface area contributed by atoms with E-state index in [-0.39, 0.29) is 54.3 Å². The zero-order chi connectivity index (χ0) is 41.4. The smallest absolute Gasteiger partial charge is 0.254 e. The number of aryl methyl sites for hydroxylation is 2. The molecule has 6 heterocycles. The Labute approximate surface area is 346 Å². The van der Waals surface area contributed by atoms with E-state index in [0.29, 0.717) is 30.2 Å². The number of aromatic hydroxyl groups is 1. The summed E-state index contributed by atoms with van der Waals surface area (Å²) in [5, 5.41) is 38.1. The lowest BCUT2D eigenvalue weighted by Gasteiger charge is -2.29. The summed E-state index contributed by atoms with van der Waals surface area (Å²) in [7, 11) is 0. The van der Waals surface area contributed by atoms with Gasteiger partial charge in [0.2, 0.25) is 11.8 Å². The van der Waals surface area contributed by atoms with Gasteiger partial charge in [-0.3, -0.25) is 14.5 Å². The van der Waals surface area contributed by atoms with Gasteiger partial charge in [0.25, 0.3) is 5.88 Å². The van der Waals surface area contributed by atoms with Crippen molar-refractivity contribution in [1.82, 2.24) is 40.4 Å². The molecule has 2 aliphatic heterocycles. The van der Waals surface area contributed by atoms with E-state index in [9.17, 15) is 19.8 Å². The summed E-state index contributed by atoms with van der Waals surface area (Å²) in [6.45, 7) is 12.6. The van der Waals surface area contributed by atoms with Gasteiger partial charge in [-0.05, 0) is 79.7 Å². The number of hydrogen-bond acceptors (Lipinski definition) is 12. The fourth-order valence-electron chi connectivity index (χ4n) is 8.64. The number of benzene rings is 2. The molecule has 59 heavy (non-hydrogen) atoms. The van der Waals surface area contributed by atoms with Crippen LogP contribution in [0.3, 0.4) is 0 Å². The third-order valence-corrected chi connectivity index (χ3v) is 12.7. The lowest BCUT2D eigenvalue weighted by molar-refractivity contribution is -0.141. The van der Waals surface area contributed by atoms with Crippen LogP contribution in [-0.2, 0) is 9.59 Å². The Balaban J connectivity index is 0.871. The third kappa shape index (κ3) is 8.32. The van der Waals surface area contributed by atoms with E-state index < -0.39 is 18.1 Å². The number of aromatic amines is 1. The van der Waals surface area contributed by atoms with E-state index in [1.807, 2.05) is 75.7 Å². The highest BCUT2D eigenvalue weighted by atomic mass is 32.1. The molecular formula is C44H50N8O6S. The minimum Gasteiger partial charge on any atom is -0.507 e. The summed E-state index contributed by atoms with van der Waals surface area (Å²) in [5.74, 6) is -0.431. The number of phenolic OH excluding ortho intramolecular Hbond substituents is 1. The number of nitrogens with one attached hydrogen (secondary N) is 2. The Hall–Kier alpha value is -5.64. The van der Waals surface area contributed by atoms with Crippen molar-refractivity contribution in [3.63, 3.8) is 0 Å². The normalized spacial score (nSPS) is 19.4. The molecule has 2 amide bonds. The molecule has 0 saturated carbocycles. The Morgan fingerprint density at radius 3 is 2.61 bits per heavy atom. The lowest BCUT2D eigenvalue weighted by Crippen LogP contribution is -2.48. The second kappa shape index (κ2) is 16.9. The van der Waals surface area contributed by atoms with Crippen LogP contribution in [0.15, 0.2) is 70.7 Å². The molecule has 14 nitrogen and oxygen atoms in total. The number of aromatic nitrogens is 5. The number of likely N-dealkylation sites (tertiary alicyclic amines) is 2. The highest BCUT2D eigenvalue weighted by Gasteiger charge is 2.43. The highest BCUT2D eigenvalue weighted by Crippen LogP contribution is 2.37. The number of para-hydroxylation sites is 1. The van der Waals surface area contributed by atoms with Crippen LogP contribution in [0.25, 0.3) is 32.7 Å². The molecular weight excluding hydrogens is 769 g/mol. The molecule has 308 valence electrons. The highest BCUT2D eigenvalue weighted by molar-refractivity contribution is 7.13. The van der Waals surface area contributed by atoms with Gasteiger partial charge >= 0.3 is 0 Å². The fraction of sp³-hybridized carbons (Fsp3) is 0.409. The number of phenols is 1. The van der Waals surface area contributed by atoms with Gasteiger partial charge in [0.05, 0.1) is 33.9 Å². The van der Waals surface area contributed by atoms with Crippen molar-refractivity contribution in [2.75, 3.05) is 32.8 Å². The van der Waals surface area contributed by atoms with Crippen LogP contribution in [0, 0.1) is 19.8 Å². The number of β-amino-alcohol motifs (C(OH)–C–C–N with tert-alkyl or cyclic N) is 1. The molecule has 8 rings (SSSR count). The van der Waals surface area contributed by atoms with Crippen molar-refractivity contribution in [2.24, 2.45) is 5.92 Å². The fourth-order valence-corrected chi connectivity index (χ4v) is 9.45. The molecule has 0 unspecified atom stereocenters. The van der Waals surface area contributed by atoms with Crippen molar-refractivity contribution < 1.29 is 29.1 Å². The van der Waals surface area contributed by atoms with E-state index in [0.717, 1.165) is 57.9 Å². The summed E-state index contributed by atoms with van der Waals surface area (Å²) in [6.07, 6.45) is 0.292. The van der Waals surface area contributed by atoms with Crippen molar-refractivity contribution >= 4 is 34.2 Å². The second-order valence-electron chi connectivity index (χ2n) is 16.1. The van der Waals surface area contributed by atoms with E-state index in [1.165, 1.54) is 10.5 Å². The molecule has 0 radical (unpaired) electrons. The standard InChI is InChI=1S/C44H50N8O6S/c1-24(2)39(44(56)52-22-31(53)18-35(52)43(55)47-25(3)28-10-12-29(13-11-28)41-27(5)45-23-59-41)37-20-38(50-58-37)57-17-16-51-15-14-30(21-51)40-26(4)46-42-33(40)19-34(48-49-42)32-8-6-7-9-36(32)54/h6-13,19-20,23-25,30-31,35,39,53-54H,14-18,21-22H2,1-5H3,(H,46,49)(H,47,55)/t25-,30-,31+,35-,39+/m0/s1. The first-order valence-electron chi connectivity index (χ1n) is 20.2. The van der Waals surface area contributed by atoms with Crippen LogP contribution >= 0.6 is 11.3 Å². The number of fused-ring (bicyclic) bond motifs is 1. The van der Waals surface area contributed by atoms with Gasteiger partial charge in [0.15, 0.2) is 11.4 Å². The van der Waals surface area contributed by atoms with Crippen LogP contribution in [0.5, 0.6) is 11.6 Å². The third-order valence-electron chi connectivity index (χ3n) is 11.7. The van der Waals surface area contributed by atoms with Gasteiger partial charge < -0.3 is 34.7 Å². The first kappa shape index (κ1) is 40.2. The van der Waals surface area contributed by atoms with Gasteiger partial charge in [0, 0.05) is 54.7 Å². The average Bonchev–Trinajstić information content (AvgIpc) is 4.07. The minimum atomic E-state index is -0.830. The van der Waals surface area contributed by atoms with Gasteiger partial charge in [-0.2, -0.15) is 0 Å². The van der Waals surface area contributed by atoms with Gasteiger partial charge in [-0.1, -0.05) is 50.2 Å². The summed E-state index contributed by atoms with van der Waals surface area (Å²) < 4.78 is 11.8. The molecule has 5 atom stereocenters. The summed E-state index contributed by atoms with van der Waals surface area (Å²) >= 11 is 1.59. The van der Waals surface area contributed by atoms with Crippen molar-refractivity contribution in [2.45, 2.75) is 77.5 Å². The van der Waals surface area contributed by atoms with Gasteiger partial charge in [0.1, 0.15) is 24.3 Å². The first-order valence-corrected chi connectivity index (χ1v) is 21.1. The number of nitrogens with zero attached hydrogens (tertiary/aromatic N) is 6. The number of rotatable bonds is 13. The zero-order valence-electron chi connectivity index (χ0n) is 33.9. The minimum absolute atomic E-state index is 0.0506.